The third kappa shape index (κ3) is 8.26. The fraction of sp³-hybridized carbons (Fsp3) is 0.700. The van der Waals surface area contributed by atoms with Crippen LogP contribution in [-0.4, -0.2) is 29.6 Å². The SMILES string of the molecule is COC(/C=C/CCCCBr)CC(=O)O. The highest BCUT2D eigenvalue weighted by atomic mass is 79.9. The van der Waals surface area contributed by atoms with Gasteiger partial charge in [-0.05, 0) is 19.3 Å². The largest absolute Gasteiger partial charge is 0.481 e. The molecule has 14 heavy (non-hydrogen) atoms. The predicted molar refractivity (Wildman–Crippen MR) is 59.8 cm³/mol. The van der Waals surface area contributed by atoms with Crippen LogP contribution >= 0.6 is 15.9 Å². The third-order valence-corrected chi connectivity index (χ3v) is 2.34. The summed E-state index contributed by atoms with van der Waals surface area (Å²) in [6.07, 6.45) is 6.78. The number of rotatable bonds is 8. The molecule has 0 aliphatic heterocycles. The molecular formula is C10H17BrO3. The number of methoxy groups -OCH3 is 1. The van der Waals surface area contributed by atoms with Crippen molar-refractivity contribution in [2.75, 3.05) is 12.4 Å². The Morgan fingerprint density at radius 2 is 2.29 bits per heavy atom. The van der Waals surface area contributed by atoms with Crippen LogP contribution in [-0.2, 0) is 9.53 Å². The molecule has 0 rings (SSSR count). The molecule has 82 valence electrons. The van der Waals surface area contributed by atoms with Crippen molar-refractivity contribution < 1.29 is 14.6 Å². The molecule has 1 unspecified atom stereocenters. The second kappa shape index (κ2) is 9.21. The lowest BCUT2D eigenvalue weighted by Crippen LogP contribution is -2.12. The van der Waals surface area contributed by atoms with Crippen LogP contribution in [0.2, 0.25) is 0 Å². The second-order valence-corrected chi connectivity index (χ2v) is 3.78. The zero-order chi connectivity index (χ0) is 10.8. The van der Waals surface area contributed by atoms with Crippen molar-refractivity contribution >= 4 is 21.9 Å². The number of carboxylic acid groups (broad SMARTS) is 1. The number of hydrogen-bond acceptors (Lipinski definition) is 2. The van der Waals surface area contributed by atoms with E-state index in [1.807, 2.05) is 12.2 Å². The van der Waals surface area contributed by atoms with Gasteiger partial charge in [0, 0.05) is 12.4 Å². The van der Waals surface area contributed by atoms with E-state index < -0.39 is 5.97 Å². The van der Waals surface area contributed by atoms with E-state index in [0.717, 1.165) is 24.6 Å². The molecule has 1 N–H and O–H groups in total. The van der Waals surface area contributed by atoms with Crippen LogP contribution in [0.5, 0.6) is 0 Å². The minimum atomic E-state index is -0.832. The van der Waals surface area contributed by atoms with Crippen molar-refractivity contribution in [2.24, 2.45) is 0 Å². The van der Waals surface area contributed by atoms with E-state index >= 15 is 0 Å². The van der Waals surface area contributed by atoms with Crippen LogP contribution in [0.25, 0.3) is 0 Å². The van der Waals surface area contributed by atoms with Crippen LogP contribution in [0.3, 0.4) is 0 Å². The smallest absolute Gasteiger partial charge is 0.306 e. The molecule has 0 aliphatic rings. The average molecular weight is 265 g/mol. The van der Waals surface area contributed by atoms with Gasteiger partial charge in [-0.3, -0.25) is 4.79 Å². The van der Waals surface area contributed by atoms with Gasteiger partial charge in [0.25, 0.3) is 0 Å². The zero-order valence-corrected chi connectivity index (χ0v) is 10.00. The fourth-order valence-corrected chi connectivity index (χ4v) is 1.40. The van der Waals surface area contributed by atoms with E-state index in [9.17, 15) is 4.79 Å². The molecule has 0 saturated carbocycles. The van der Waals surface area contributed by atoms with Gasteiger partial charge in [-0.1, -0.05) is 28.1 Å². The molecule has 3 nitrogen and oxygen atoms in total. The highest BCUT2D eigenvalue weighted by Crippen LogP contribution is 2.03. The minimum Gasteiger partial charge on any atom is -0.481 e. The van der Waals surface area contributed by atoms with Gasteiger partial charge in [0.05, 0.1) is 12.5 Å². The Balaban J connectivity index is 3.63. The zero-order valence-electron chi connectivity index (χ0n) is 8.41. The number of unbranched alkanes of at least 4 members (excludes halogenated alkanes) is 2. The van der Waals surface area contributed by atoms with Crippen LogP contribution in [0.4, 0.5) is 0 Å². The molecule has 0 radical (unpaired) electrons. The maximum atomic E-state index is 10.4. The number of aliphatic carboxylic acids is 1. The summed E-state index contributed by atoms with van der Waals surface area (Å²) in [6.45, 7) is 0. The molecule has 0 bridgehead atoms. The van der Waals surface area contributed by atoms with Crippen molar-refractivity contribution in [1.82, 2.24) is 0 Å². The van der Waals surface area contributed by atoms with Gasteiger partial charge in [0.1, 0.15) is 0 Å². The van der Waals surface area contributed by atoms with Crippen LogP contribution in [0.15, 0.2) is 12.2 Å². The normalized spacial score (nSPS) is 13.3. The van der Waals surface area contributed by atoms with Gasteiger partial charge < -0.3 is 9.84 Å². The first-order valence-corrected chi connectivity index (χ1v) is 5.80. The molecule has 0 fully saturated rings. The molecule has 0 spiro atoms. The fourth-order valence-electron chi connectivity index (χ4n) is 1.01. The summed E-state index contributed by atoms with van der Waals surface area (Å²) in [5, 5.41) is 9.55. The van der Waals surface area contributed by atoms with Gasteiger partial charge in [0.2, 0.25) is 0 Å². The molecule has 0 heterocycles. The number of ether oxygens (including phenoxy) is 1. The quantitative estimate of drug-likeness (QED) is 0.417. The molecule has 0 saturated heterocycles. The van der Waals surface area contributed by atoms with E-state index in [-0.39, 0.29) is 12.5 Å². The van der Waals surface area contributed by atoms with Gasteiger partial charge in [-0.25, -0.2) is 0 Å². The molecule has 0 aromatic rings. The summed E-state index contributed by atoms with van der Waals surface area (Å²) >= 11 is 3.35. The predicted octanol–water partition coefficient (Wildman–Crippen LogP) is 2.60. The molecule has 1 atom stereocenters. The highest BCUT2D eigenvalue weighted by molar-refractivity contribution is 9.09. The number of halogens is 1. The summed E-state index contributed by atoms with van der Waals surface area (Å²) in [5.74, 6) is -0.832. The maximum absolute atomic E-state index is 10.4. The number of allylic oxidation sites excluding steroid dienone is 1. The molecule has 0 aliphatic carbocycles. The minimum absolute atomic E-state index is 0.0332. The molecule has 4 heteroatoms. The lowest BCUT2D eigenvalue weighted by molar-refractivity contribution is -0.138. The topological polar surface area (TPSA) is 46.5 Å². The van der Waals surface area contributed by atoms with Crippen molar-refractivity contribution in [3.05, 3.63) is 12.2 Å². The Bertz CT molecular complexity index is 180. The summed E-state index contributed by atoms with van der Waals surface area (Å²) in [5.41, 5.74) is 0. The Kier molecular flexibility index (Phi) is 8.98. The van der Waals surface area contributed by atoms with E-state index in [0.29, 0.717) is 0 Å². The standard InChI is InChI=1S/C10H17BrO3/c1-14-9(8-10(12)13)6-4-2-3-5-7-11/h4,6,9H,2-3,5,7-8H2,1H3,(H,12,13)/b6-4+. The summed E-state index contributed by atoms with van der Waals surface area (Å²) in [4.78, 5) is 10.4. The number of alkyl halides is 1. The molecule has 0 amide bonds. The lowest BCUT2D eigenvalue weighted by atomic mass is 10.2. The summed E-state index contributed by atoms with van der Waals surface area (Å²) in [7, 11) is 1.52. The second-order valence-electron chi connectivity index (χ2n) is 2.98. The van der Waals surface area contributed by atoms with Gasteiger partial charge >= 0.3 is 5.97 Å². The Morgan fingerprint density at radius 1 is 1.57 bits per heavy atom. The maximum Gasteiger partial charge on any atom is 0.306 e. The van der Waals surface area contributed by atoms with Gasteiger partial charge in [-0.2, -0.15) is 0 Å². The van der Waals surface area contributed by atoms with Crippen molar-refractivity contribution in [1.29, 1.82) is 0 Å². The van der Waals surface area contributed by atoms with Crippen LogP contribution in [0, 0.1) is 0 Å². The molecular weight excluding hydrogens is 248 g/mol. The first-order valence-electron chi connectivity index (χ1n) is 4.68. The van der Waals surface area contributed by atoms with E-state index in [2.05, 4.69) is 15.9 Å². The Labute approximate surface area is 93.3 Å². The first-order chi connectivity index (χ1) is 6.70. The van der Waals surface area contributed by atoms with Crippen LogP contribution < -0.4 is 0 Å². The highest BCUT2D eigenvalue weighted by Gasteiger charge is 2.07. The number of carbonyl (C=O) groups is 1. The van der Waals surface area contributed by atoms with Crippen molar-refractivity contribution in [2.45, 2.75) is 31.8 Å². The number of hydrogen-bond donors (Lipinski definition) is 1. The average Bonchev–Trinajstić information content (AvgIpc) is 2.15. The Hall–Kier alpha value is -0.350. The van der Waals surface area contributed by atoms with Gasteiger partial charge in [-0.15, -0.1) is 0 Å². The summed E-state index contributed by atoms with van der Waals surface area (Å²) < 4.78 is 4.99. The summed E-state index contributed by atoms with van der Waals surface area (Å²) in [6, 6.07) is 0. The van der Waals surface area contributed by atoms with E-state index in [1.54, 1.807) is 0 Å². The molecule has 0 aromatic heterocycles. The van der Waals surface area contributed by atoms with Crippen LogP contribution in [0.1, 0.15) is 25.7 Å². The Morgan fingerprint density at radius 3 is 2.79 bits per heavy atom. The van der Waals surface area contributed by atoms with Crippen molar-refractivity contribution in [3.63, 3.8) is 0 Å². The van der Waals surface area contributed by atoms with E-state index in [4.69, 9.17) is 9.84 Å². The molecule has 0 aromatic carbocycles. The monoisotopic (exact) mass is 264 g/mol. The lowest BCUT2D eigenvalue weighted by Gasteiger charge is -2.06. The number of carboxylic acids is 1. The van der Waals surface area contributed by atoms with Crippen molar-refractivity contribution in [3.8, 4) is 0 Å². The third-order valence-electron chi connectivity index (χ3n) is 1.78. The first kappa shape index (κ1) is 13.7. The van der Waals surface area contributed by atoms with Gasteiger partial charge in [0.15, 0.2) is 0 Å². The van der Waals surface area contributed by atoms with E-state index in [1.165, 1.54) is 7.11 Å².